The summed E-state index contributed by atoms with van der Waals surface area (Å²) in [5.74, 6) is -1.13. The lowest BCUT2D eigenvalue weighted by molar-refractivity contribution is -0.147. The summed E-state index contributed by atoms with van der Waals surface area (Å²) in [4.78, 5) is 37.7. The molecular weight excluding hydrogens is 282 g/mol. The fourth-order valence-corrected chi connectivity index (χ4v) is 3.04. The normalized spacial score (nSPS) is 14.9. The molecule has 1 aromatic heterocycles. The van der Waals surface area contributed by atoms with Crippen molar-refractivity contribution in [2.75, 3.05) is 14.2 Å². The minimum absolute atomic E-state index is 0.0632. The van der Waals surface area contributed by atoms with Crippen LogP contribution < -0.4 is 0 Å². The topological polar surface area (TPSA) is 72.9 Å². The Hall–Kier alpha value is -1.89. The third-order valence-corrected chi connectivity index (χ3v) is 4.16. The molecule has 7 heteroatoms. The van der Waals surface area contributed by atoms with E-state index in [1.165, 1.54) is 30.5 Å². The van der Waals surface area contributed by atoms with Crippen molar-refractivity contribution in [1.82, 2.24) is 4.90 Å². The first-order chi connectivity index (χ1) is 9.58. The standard InChI is InChI=1S/C13H15NO5S/c1-18-11(15)4-3-9(13(17)19-2)14-7-10-8(12(14)16)5-6-20-10/h5-6,9H,3-4,7H2,1-2H3/t9-/m0/s1. The van der Waals surface area contributed by atoms with Crippen molar-refractivity contribution in [3.63, 3.8) is 0 Å². The molecule has 20 heavy (non-hydrogen) atoms. The molecule has 2 heterocycles. The number of nitrogens with zero attached hydrogens (tertiary/aromatic N) is 1. The van der Waals surface area contributed by atoms with Crippen molar-refractivity contribution in [2.24, 2.45) is 0 Å². The van der Waals surface area contributed by atoms with Crippen molar-refractivity contribution in [3.8, 4) is 0 Å². The van der Waals surface area contributed by atoms with Gasteiger partial charge in [-0.15, -0.1) is 11.3 Å². The van der Waals surface area contributed by atoms with Gasteiger partial charge in [-0.3, -0.25) is 9.59 Å². The first kappa shape index (κ1) is 14.5. The zero-order valence-corrected chi connectivity index (χ0v) is 12.1. The lowest BCUT2D eigenvalue weighted by Gasteiger charge is -2.25. The summed E-state index contributed by atoms with van der Waals surface area (Å²) in [6, 6.07) is 0.989. The van der Waals surface area contributed by atoms with Gasteiger partial charge in [-0.1, -0.05) is 0 Å². The van der Waals surface area contributed by atoms with Crippen LogP contribution in [-0.4, -0.2) is 43.0 Å². The van der Waals surface area contributed by atoms with Crippen LogP contribution in [0.5, 0.6) is 0 Å². The predicted molar refractivity (Wildman–Crippen MR) is 71.2 cm³/mol. The lowest BCUT2D eigenvalue weighted by Crippen LogP contribution is -2.42. The monoisotopic (exact) mass is 297 g/mol. The molecule has 1 atom stereocenters. The largest absolute Gasteiger partial charge is 0.469 e. The van der Waals surface area contributed by atoms with E-state index in [-0.39, 0.29) is 18.7 Å². The average Bonchev–Trinajstić information content (AvgIpc) is 3.02. The number of amides is 1. The van der Waals surface area contributed by atoms with E-state index in [9.17, 15) is 14.4 Å². The number of esters is 2. The molecule has 1 aliphatic heterocycles. The van der Waals surface area contributed by atoms with E-state index in [1.54, 1.807) is 6.07 Å². The highest BCUT2D eigenvalue weighted by Gasteiger charge is 2.37. The number of thiophene rings is 1. The molecule has 0 saturated carbocycles. The fourth-order valence-electron chi connectivity index (χ4n) is 2.18. The second kappa shape index (κ2) is 6.04. The Labute approximate surface area is 120 Å². The molecule has 0 aromatic carbocycles. The summed E-state index contributed by atoms with van der Waals surface area (Å²) >= 11 is 1.48. The molecule has 6 nitrogen and oxygen atoms in total. The van der Waals surface area contributed by atoms with Gasteiger partial charge in [0.2, 0.25) is 0 Å². The highest BCUT2D eigenvalue weighted by atomic mass is 32.1. The average molecular weight is 297 g/mol. The maximum absolute atomic E-state index is 12.2. The molecule has 1 aromatic rings. The molecule has 0 saturated heterocycles. The summed E-state index contributed by atoms with van der Waals surface area (Å²) in [5, 5.41) is 1.85. The summed E-state index contributed by atoms with van der Waals surface area (Å²) in [6.45, 7) is 0.382. The van der Waals surface area contributed by atoms with Crippen molar-refractivity contribution < 1.29 is 23.9 Å². The Kier molecular flexibility index (Phi) is 4.39. The molecule has 0 bridgehead atoms. The Morgan fingerprint density at radius 2 is 2.15 bits per heavy atom. The second-order valence-corrected chi connectivity index (χ2v) is 5.34. The number of methoxy groups -OCH3 is 2. The molecule has 0 radical (unpaired) electrons. The summed E-state index contributed by atoms with van der Waals surface area (Å²) in [6.07, 6.45) is 0.258. The van der Waals surface area contributed by atoms with Crippen LogP contribution in [0, 0.1) is 0 Å². The van der Waals surface area contributed by atoms with Crippen LogP contribution >= 0.6 is 11.3 Å². The Bertz CT molecular complexity index is 539. The number of ether oxygens (including phenoxy) is 2. The molecule has 108 valence electrons. The molecule has 0 N–H and O–H groups in total. The van der Waals surface area contributed by atoms with Crippen molar-refractivity contribution in [1.29, 1.82) is 0 Å². The highest BCUT2D eigenvalue weighted by molar-refractivity contribution is 7.10. The third kappa shape index (κ3) is 2.67. The van der Waals surface area contributed by atoms with E-state index in [0.29, 0.717) is 12.1 Å². The summed E-state index contributed by atoms with van der Waals surface area (Å²) in [7, 11) is 2.55. The number of hydrogen-bond acceptors (Lipinski definition) is 6. The van der Waals surface area contributed by atoms with Gasteiger partial charge in [0.15, 0.2) is 0 Å². The van der Waals surface area contributed by atoms with Gasteiger partial charge in [-0.2, -0.15) is 0 Å². The molecule has 0 unspecified atom stereocenters. The number of rotatable bonds is 5. The van der Waals surface area contributed by atoms with Crippen LogP contribution in [0.15, 0.2) is 11.4 Å². The SMILES string of the molecule is COC(=O)CC[C@@H](C(=O)OC)N1Cc2sccc2C1=O. The molecule has 0 fully saturated rings. The van der Waals surface area contributed by atoms with E-state index in [4.69, 9.17) is 4.74 Å². The Morgan fingerprint density at radius 1 is 1.40 bits per heavy atom. The number of hydrogen-bond donors (Lipinski definition) is 0. The highest BCUT2D eigenvalue weighted by Crippen LogP contribution is 2.30. The van der Waals surface area contributed by atoms with Crippen LogP contribution in [0.1, 0.15) is 28.1 Å². The molecule has 1 aliphatic rings. The van der Waals surface area contributed by atoms with Gasteiger partial charge in [0.05, 0.1) is 26.3 Å². The minimum atomic E-state index is -0.758. The second-order valence-electron chi connectivity index (χ2n) is 4.34. The van der Waals surface area contributed by atoms with Gasteiger partial charge >= 0.3 is 11.9 Å². The fraction of sp³-hybridized carbons (Fsp3) is 0.462. The van der Waals surface area contributed by atoms with E-state index in [1.807, 2.05) is 5.38 Å². The zero-order valence-electron chi connectivity index (χ0n) is 11.3. The smallest absolute Gasteiger partial charge is 0.328 e. The van der Waals surface area contributed by atoms with E-state index < -0.39 is 18.0 Å². The number of carbonyl (C=O) groups is 3. The van der Waals surface area contributed by atoms with E-state index in [0.717, 1.165) is 4.88 Å². The predicted octanol–water partition coefficient (Wildman–Crippen LogP) is 1.20. The van der Waals surface area contributed by atoms with E-state index >= 15 is 0 Å². The number of carbonyl (C=O) groups excluding carboxylic acids is 3. The zero-order chi connectivity index (χ0) is 14.7. The summed E-state index contributed by atoms with van der Waals surface area (Å²) in [5.41, 5.74) is 0.627. The Balaban J connectivity index is 2.12. The van der Waals surface area contributed by atoms with Crippen LogP contribution in [0.2, 0.25) is 0 Å². The van der Waals surface area contributed by atoms with Gasteiger partial charge in [0.25, 0.3) is 5.91 Å². The molecule has 0 aliphatic carbocycles. The number of fused-ring (bicyclic) bond motifs is 1. The molecule has 2 rings (SSSR count). The third-order valence-electron chi connectivity index (χ3n) is 3.25. The van der Waals surface area contributed by atoms with Crippen molar-refractivity contribution >= 4 is 29.2 Å². The first-order valence-electron chi connectivity index (χ1n) is 6.10. The molecular formula is C13H15NO5S. The van der Waals surface area contributed by atoms with Gasteiger partial charge in [0, 0.05) is 11.3 Å². The Morgan fingerprint density at radius 3 is 2.75 bits per heavy atom. The van der Waals surface area contributed by atoms with Crippen LogP contribution in [-0.2, 0) is 25.6 Å². The van der Waals surface area contributed by atoms with Crippen molar-refractivity contribution in [3.05, 3.63) is 21.9 Å². The van der Waals surface area contributed by atoms with E-state index in [2.05, 4.69) is 4.74 Å². The quantitative estimate of drug-likeness (QED) is 0.764. The van der Waals surface area contributed by atoms with Gasteiger partial charge in [0.1, 0.15) is 6.04 Å². The maximum Gasteiger partial charge on any atom is 0.328 e. The van der Waals surface area contributed by atoms with Crippen LogP contribution in [0.25, 0.3) is 0 Å². The summed E-state index contributed by atoms with van der Waals surface area (Å²) < 4.78 is 9.29. The van der Waals surface area contributed by atoms with Gasteiger partial charge in [-0.25, -0.2) is 4.79 Å². The van der Waals surface area contributed by atoms with Crippen LogP contribution in [0.4, 0.5) is 0 Å². The lowest BCUT2D eigenvalue weighted by atomic mass is 10.1. The first-order valence-corrected chi connectivity index (χ1v) is 6.98. The van der Waals surface area contributed by atoms with Crippen LogP contribution in [0.3, 0.4) is 0 Å². The van der Waals surface area contributed by atoms with Crippen molar-refractivity contribution in [2.45, 2.75) is 25.4 Å². The van der Waals surface area contributed by atoms with Gasteiger partial charge < -0.3 is 14.4 Å². The molecule has 0 spiro atoms. The minimum Gasteiger partial charge on any atom is -0.469 e. The molecule has 1 amide bonds. The van der Waals surface area contributed by atoms with Gasteiger partial charge in [-0.05, 0) is 17.9 Å². The maximum atomic E-state index is 12.2.